The molecule has 150 valence electrons. The Hall–Kier alpha value is -1.10. The minimum absolute atomic E-state index is 0.134. The first-order chi connectivity index (χ1) is 12.1. The summed E-state index contributed by atoms with van der Waals surface area (Å²) >= 11 is 2.06. The molecule has 0 bridgehead atoms. The van der Waals surface area contributed by atoms with E-state index in [4.69, 9.17) is 4.74 Å². The number of hydrogen-bond donors (Lipinski definition) is 1. The van der Waals surface area contributed by atoms with Gasteiger partial charge in [0.05, 0.1) is 4.43 Å². The van der Waals surface area contributed by atoms with Gasteiger partial charge in [-0.1, -0.05) is 22.6 Å². The van der Waals surface area contributed by atoms with Crippen molar-refractivity contribution in [3.63, 3.8) is 0 Å². The summed E-state index contributed by atoms with van der Waals surface area (Å²) in [5, 5.41) is 3.18. The average molecular weight is 482 g/mol. The van der Waals surface area contributed by atoms with E-state index in [9.17, 15) is 14.4 Å². The van der Waals surface area contributed by atoms with Gasteiger partial charge in [0.1, 0.15) is 5.60 Å². The van der Waals surface area contributed by atoms with E-state index in [1.54, 1.807) is 16.7 Å². The second-order valence-corrected chi connectivity index (χ2v) is 8.00. The molecule has 1 N–H and O–H groups in total. The van der Waals surface area contributed by atoms with Crippen LogP contribution in [0.1, 0.15) is 27.7 Å². The minimum atomic E-state index is -0.466. The quantitative estimate of drug-likeness (QED) is 0.445. The van der Waals surface area contributed by atoms with E-state index in [1.807, 2.05) is 25.7 Å². The van der Waals surface area contributed by atoms with Crippen molar-refractivity contribution in [1.82, 2.24) is 20.0 Å². The molecule has 2 aliphatic rings. The normalized spacial score (nSPS) is 18.0. The smallest absolute Gasteiger partial charge is 0.410 e. The highest BCUT2D eigenvalue weighted by atomic mass is 127. The number of nitrogens with zero attached hydrogens (tertiary/aromatic N) is 3. The molecule has 0 unspecified atom stereocenters. The Bertz CT molecular complexity index is 482. The zero-order valence-electron chi connectivity index (χ0n) is 16.2. The van der Waals surface area contributed by atoms with Gasteiger partial charge in [-0.3, -0.25) is 9.59 Å². The van der Waals surface area contributed by atoms with Gasteiger partial charge in [-0.25, -0.2) is 4.79 Å². The van der Waals surface area contributed by atoms with E-state index in [0.29, 0.717) is 30.6 Å². The third-order valence-electron chi connectivity index (χ3n) is 3.96. The molecule has 26 heavy (non-hydrogen) atoms. The molecule has 2 fully saturated rings. The Morgan fingerprint density at radius 2 is 1.42 bits per heavy atom. The van der Waals surface area contributed by atoms with Crippen LogP contribution in [0.5, 0.6) is 0 Å². The monoisotopic (exact) mass is 482 g/mol. The number of carbonyl (C=O) groups is 3. The maximum atomic E-state index is 11.8. The van der Waals surface area contributed by atoms with Gasteiger partial charge in [0.2, 0.25) is 11.8 Å². The summed E-state index contributed by atoms with van der Waals surface area (Å²) in [6.45, 7) is 13.1. The highest BCUT2D eigenvalue weighted by Gasteiger charge is 2.27. The van der Waals surface area contributed by atoms with Crippen LogP contribution in [0.25, 0.3) is 0 Å². The predicted octanol–water partition coefficient (Wildman–Crippen LogP) is 0.939. The molecule has 0 aliphatic carbocycles. The van der Waals surface area contributed by atoms with E-state index >= 15 is 0 Å². The second kappa shape index (κ2) is 10.9. The van der Waals surface area contributed by atoms with Gasteiger partial charge in [0, 0.05) is 59.3 Å². The van der Waals surface area contributed by atoms with Gasteiger partial charge in [-0.15, -0.1) is 0 Å². The molecule has 0 saturated carbocycles. The molecule has 9 heteroatoms. The number of nitrogens with one attached hydrogen (secondary N) is 1. The van der Waals surface area contributed by atoms with Crippen molar-refractivity contribution < 1.29 is 19.1 Å². The number of amides is 3. The van der Waals surface area contributed by atoms with Gasteiger partial charge >= 0.3 is 6.09 Å². The third kappa shape index (κ3) is 8.52. The van der Waals surface area contributed by atoms with Crippen LogP contribution >= 0.6 is 22.6 Å². The molecule has 0 aromatic carbocycles. The van der Waals surface area contributed by atoms with Crippen LogP contribution in [-0.2, 0) is 14.3 Å². The van der Waals surface area contributed by atoms with Crippen molar-refractivity contribution in [2.75, 3.05) is 56.8 Å². The van der Waals surface area contributed by atoms with Gasteiger partial charge in [0.25, 0.3) is 0 Å². The Morgan fingerprint density at radius 1 is 0.923 bits per heavy atom. The van der Waals surface area contributed by atoms with Crippen molar-refractivity contribution in [2.45, 2.75) is 33.3 Å². The first-order valence-corrected chi connectivity index (χ1v) is 10.4. The van der Waals surface area contributed by atoms with Crippen LogP contribution in [0.2, 0.25) is 0 Å². The topological polar surface area (TPSA) is 82.2 Å². The third-order valence-corrected chi connectivity index (χ3v) is 4.61. The minimum Gasteiger partial charge on any atom is -0.444 e. The molecule has 0 spiro atoms. The molecular weight excluding hydrogens is 451 g/mol. The van der Waals surface area contributed by atoms with Crippen LogP contribution in [0.3, 0.4) is 0 Å². The lowest BCUT2D eigenvalue weighted by molar-refractivity contribution is -0.130. The summed E-state index contributed by atoms with van der Waals surface area (Å²) in [4.78, 5) is 39.2. The number of piperazine rings is 2. The number of halogens is 1. The van der Waals surface area contributed by atoms with Crippen LogP contribution in [-0.4, -0.2) is 95.0 Å². The summed E-state index contributed by atoms with van der Waals surface area (Å²) < 4.78 is 5.77. The number of ether oxygens (including phenoxy) is 1. The highest BCUT2D eigenvalue weighted by molar-refractivity contribution is 14.1. The standard InChI is InChI=1S/C11H19IN2O3.C6H12N2O/c1-11(2,3)17-10(16)14-6-4-13(5-7-14)9(15)8-12;1-6(9)8-4-2-7-3-5-8/h4-8H2,1-3H3;7H,2-5H2,1H3. The molecule has 2 saturated heterocycles. The largest absolute Gasteiger partial charge is 0.444 e. The molecule has 3 amide bonds. The van der Waals surface area contributed by atoms with E-state index in [-0.39, 0.29) is 17.9 Å². The van der Waals surface area contributed by atoms with Gasteiger partial charge < -0.3 is 24.8 Å². The summed E-state index contributed by atoms with van der Waals surface area (Å²) in [7, 11) is 0. The zero-order valence-corrected chi connectivity index (χ0v) is 18.4. The first-order valence-electron chi connectivity index (χ1n) is 8.92. The van der Waals surface area contributed by atoms with Crippen molar-refractivity contribution in [3.8, 4) is 0 Å². The van der Waals surface area contributed by atoms with Crippen LogP contribution in [0, 0.1) is 0 Å². The van der Waals surface area contributed by atoms with Crippen molar-refractivity contribution in [1.29, 1.82) is 0 Å². The zero-order chi connectivity index (χ0) is 19.7. The summed E-state index contributed by atoms with van der Waals surface area (Å²) in [6.07, 6.45) is -0.293. The van der Waals surface area contributed by atoms with Crippen molar-refractivity contribution in [2.24, 2.45) is 0 Å². The molecular formula is C17H31IN4O4. The predicted molar refractivity (Wildman–Crippen MR) is 108 cm³/mol. The Kier molecular flexibility index (Phi) is 9.62. The van der Waals surface area contributed by atoms with Crippen LogP contribution < -0.4 is 5.32 Å². The van der Waals surface area contributed by atoms with E-state index in [1.165, 1.54) is 0 Å². The SMILES string of the molecule is CC(=O)N1CCNCC1.CC(C)(C)OC(=O)N1CCN(C(=O)CI)CC1. The average Bonchev–Trinajstić information content (AvgIpc) is 2.61. The molecule has 0 radical (unpaired) electrons. The Morgan fingerprint density at radius 3 is 1.81 bits per heavy atom. The summed E-state index contributed by atoms with van der Waals surface area (Å²) in [5.41, 5.74) is -0.466. The maximum Gasteiger partial charge on any atom is 0.410 e. The summed E-state index contributed by atoms with van der Waals surface area (Å²) in [6, 6.07) is 0. The molecule has 0 aromatic rings. The molecule has 2 rings (SSSR count). The van der Waals surface area contributed by atoms with Crippen molar-refractivity contribution in [3.05, 3.63) is 0 Å². The molecule has 0 aromatic heterocycles. The molecule has 0 atom stereocenters. The molecule has 2 heterocycles. The highest BCUT2D eigenvalue weighted by Crippen LogP contribution is 2.12. The molecule has 2 aliphatic heterocycles. The van der Waals surface area contributed by atoms with Gasteiger partial charge in [-0.05, 0) is 20.8 Å². The fourth-order valence-corrected chi connectivity index (χ4v) is 3.01. The second-order valence-electron chi connectivity index (χ2n) is 7.24. The fourth-order valence-electron chi connectivity index (χ4n) is 2.53. The lowest BCUT2D eigenvalue weighted by atomic mass is 10.2. The Labute approximate surface area is 169 Å². The van der Waals surface area contributed by atoms with E-state index < -0.39 is 5.60 Å². The van der Waals surface area contributed by atoms with Crippen LogP contribution in [0.15, 0.2) is 0 Å². The lowest BCUT2D eigenvalue weighted by Gasteiger charge is -2.35. The van der Waals surface area contributed by atoms with E-state index in [2.05, 4.69) is 27.9 Å². The Balaban J connectivity index is 0.000000314. The first kappa shape index (κ1) is 22.9. The number of alkyl halides is 1. The molecule has 8 nitrogen and oxygen atoms in total. The van der Waals surface area contributed by atoms with Gasteiger partial charge in [-0.2, -0.15) is 0 Å². The fraction of sp³-hybridized carbons (Fsp3) is 0.824. The summed E-state index contributed by atoms with van der Waals surface area (Å²) in [5.74, 6) is 0.325. The lowest BCUT2D eigenvalue weighted by Crippen LogP contribution is -2.51. The maximum absolute atomic E-state index is 11.8. The van der Waals surface area contributed by atoms with Gasteiger partial charge in [0.15, 0.2) is 0 Å². The van der Waals surface area contributed by atoms with E-state index in [0.717, 1.165) is 26.2 Å². The number of carbonyl (C=O) groups excluding carboxylic acids is 3. The number of rotatable bonds is 1. The number of hydrogen-bond acceptors (Lipinski definition) is 5. The van der Waals surface area contributed by atoms with Crippen molar-refractivity contribution >= 4 is 40.5 Å². The van der Waals surface area contributed by atoms with Crippen LogP contribution in [0.4, 0.5) is 4.79 Å².